The zero-order valence-corrected chi connectivity index (χ0v) is 16.3. The van der Waals surface area contributed by atoms with E-state index >= 15 is 0 Å². The van der Waals surface area contributed by atoms with Crippen LogP contribution in [0.4, 0.5) is 0 Å². The zero-order chi connectivity index (χ0) is 19.1. The quantitative estimate of drug-likeness (QED) is 0.898. The van der Waals surface area contributed by atoms with E-state index in [-0.39, 0.29) is 29.5 Å². The third-order valence-corrected chi connectivity index (χ3v) is 6.31. The summed E-state index contributed by atoms with van der Waals surface area (Å²) in [6, 6.07) is 1.91. The first-order chi connectivity index (χ1) is 13.0. The number of nitrogens with zero attached hydrogens (tertiary/aromatic N) is 3. The Hall–Kier alpha value is -2.15. The second-order valence-electron chi connectivity index (χ2n) is 7.94. The zero-order valence-electron chi connectivity index (χ0n) is 16.3. The fourth-order valence-electron chi connectivity index (χ4n) is 4.58. The van der Waals surface area contributed by atoms with Gasteiger partial charge >= 0.3 is 0 Å². The van der Waals surface area contributed by atoms with Crippen LogP contribution in [0.5, 0.6) is 0 Å². The van der Waals surface area contributed by atoms with Crippen molar-refractivity contribution < 1.29 is 9.53 Å². The first-order valence-electron chi connectivity index (χ1n) is 9.91. The maximum atomic E-state index is 13.2. The van der Waals surface area contributed by atoms with Gasteiger partial charge in [0.1, 0.15) is 0 Å². The van der Waals surface area contributed by atoms with Crippen LogP contribution in [0.15, 0.2) is 10.9 Å². The van der Waals surface area contributed by atoms with Crippen molar-refractivity contribution in [2.24, 2.45) is 5.92 Å². The molecule has 1 amide bonds. The molecule has 146 valence electrons. The molecule has 0 radical (unpaired) electrons. The van der Waals surface area contributed by atoms with Gasteiger partial charge in [-0.05, 0) is 46.0 Å². The number of H-pyrrole nitrogens is 1. The second kappa shape index (κ2) is 7.11. The molecule has 7 heteroatoms. The minimum absolute atomic E-state index is 0.0119. The molecule has 1 N–H and O–H groups in total. The Morgan fingerprint density at radius 1 is 1.26 bits per heavy atom. The van der Waals surface area contributed by atoms with Gasteiger partial charge in [0.15, 0.2) is 5.65 Å². The number of likely N-dealkylation sites (tertiary alicyclic amines) is 1. The predicted octanol–water partition coefficient (Wildman–Crippen LogP) is 2.51. The Morgan fingerprint density at radius 2 is 2.07 bits per heavy atom. The van der Waals surface area contributed by atoms with Gasteiger partial charge in [-0.15, -0.1) is 0 Å². The summed E-state index contributed by atoms with van der Waals surface area (Å²) in [6.45, 7) is 4.41. The summed E-state index contributed by atoms with van der Waals surface area (Å²) in [5.41, 5.74) is 2.84. The number of ether oxygens (including phenoxy) is 1. The third kappa shape index (κ3) is 3.18. The number of hydrogen-bond donors (Lipinski definition) is 1. The third-order valence-electron chi connectivity index (χ3n) is 6.31. The van der Waals surface area contributed by atoms with E-state index in [2.05, 4.69) is 10.1 Å². The van der Waals surface area contributed by atoms with Crippen LogP contribution >= 0.6 is 0 Å². The van der Waals surface area contributed by atoms with Crippen LogP contribution in [-0.2, 0) is 9.53 Å². The summed E-state index contributed by atoms with van der Waals surface area (Å²) >= 11 is 0. The number of carbonyl (C=O) groups is 1. The topological polar surface area (TPSA) is 79.7 Å². The SMILES string of the molecule is CO[C@H]1CCC[C@@H](C(=O)N2CCC[C@H]2c2cc3nc(C)c(C)c(=O)n3[nH]2)C1. The van der Waals surface area contributed by atoms with Crippen molar-refractivity contribution in [2.45, 2.75) is 64.5 Å². The summed E-state index contributed by atoms with van der Waals surface area (Å²) in [6.07, 6.45) is 5.91. The summed E-state index contributed by atoms with van der Waals surface area (Å²) < 4.78 is 7.00. The number of amides is 1. The highest BCUT2D eigenvalue weighted by Gasteiger charge is 2.37. The second-order valence-corrected chi connectivity index (χ2v) is 7.94. The standard InChI is InChI=1S/C20H28N4O3/c1-12-13(2)21-18-11-16(22-24(18)19(12)25)17-8-5-9-23(17)20(26)14-6-4-7-15(10-14)27-3/h11,14-15,17,22H,4-10H2,1-3H3/t14-,15+,17+/m1/s1. The van der Waals surface area contributed by atoms with Gasteiger partial charge in [0.25, 0.3) is 5.56 Å². The van der Waals surface area contributed by atoms with E-state index in [0.29, 0.717) is 11.2 Å². The molecule has 1 aliphatic carbocycles. The summed E-state index contributed by atoms with van der Waals surface area (Å²) in [5, 5.41) is 3.20. The molecule has 7 nitrogen and oxygen atoms in total. The van der Waals surface area contributed by atoms with Crippen LogP contribution in [-0.4, -0.2) is 45.2 Å². The Balaban J connectivity index is 1.61. The number of methoxy groups -OCH3 is 1. The normalized spacial score (nSPS) is 26.0. The van der Waals surface area contributed by atoms with Crippen molar-refractivity contribution >= 4 is 11.6 Å². The average molecular weight is 372 g/mol. The van der Waals surface area contributed by atoms with Gasteiger partial charge < -0.3 is 9.64 Å². The Morgan fingerprint density at radius 3 is 2.85 bits per heavy atom. The molecule has 0 spiro atoms. The molecule has 2 fully saturated rings. The number of rotatable bonds is 3. The molecule has 0 aromatic carbocycles. The van der Waals surface area contributed by atoms with Gasteiger partial charge in [-0.25, -0.2) is 9.50 Å². The lowest BCUT2D eigenvalue weighted by Crippen LogP contribution is -2.39. The van der Waals surface area contributed by atoms with Crippen molar-refractivity contribution in [3.8, 4) is 0 Å². The van der Waals surface area contributed by atoms with Crippen LogP contribution in [0.2, 0.25) is 0 Å². The number of aromatic nitrogens is 3. The first kappa shape index (κ1) is 18.2. The lowest BCUT2D eigenvalue weighted by molar-refractivity contribution is -0.139. The fraction of sp³-hybridized carbons (Fsp3) is 0.650. The van der Waals surface area contributed by atoms with Crippen LogP contribution in [0, 0.1) is 19.8 Å². The maximum absolute atomic E-state index is 13.2. The number of aromatic amines is 1. The number of carbonyl (C=O) groups excluding carboxylic acids is 1. The highest BCUT2D eigenvalue weighted by atomic mass is 16.5. The monoisotopic (exact) mass is 372 g/mol. The summed E-state index contributed by atoms with van der Waals surface area (Å²) in [4.78, 5) is 32.2. The minimum atomic E-state index is -0.0742. The van der Waals surface area contributed by atoms with E-state index in [4.69, 9.17) is 4.74 Å². The van der Waals surface area contributed by atoms with Crippen molar-refractivity contribution in [2.75, 3.05) is 13.7 Å². The van der Waals surface area contributed by atoms with Gasteiger partial charge in [-0.2, -0.15) is 0 Å². The molecule has 1 aliphatic heterocycles. The van der Waals surface area contributed by atoms with Gasteiger partial charge in [0.05, 0.1) is 17.8 Å². The Labute approximate surface area is 158 Å². The van der Waals surface area contributed by atoms with Gasteiger partial charge in [0.2, 0.25) is 5.91 Å². The number of hydrogen-bond acceptors (Lipinski definition) is 4. The predicted molar refractivity (Wildman–Crippen MR) is 102 cm³/mol. The summed E-state index contributed by atoms with van der Waals surface area (Å²) in [7, 11) is 1.73. The molecule has 2 aliphatic rings. The smallest absolute Gasteiger partial charge is 0.275 e. The molecule has 3 heterocycles. The average Bonchev–Trinajstić information content (AvgIpc) is 3.32. The number of fused-ring (bicyclic) bond motifs is 1. The van der Waals surface area contributed by atoms with Crippen LogP contribution in [0.25, 0.3) is 5.65 Å². The highest BCUT2D eigenvalue weighted by Crippen LogP contribution is 2.36. The van der Waals surface area contributed by atoms with E-state index in [1.165, 1.54) is 4.52 Å². The number of nitrogens with one attached hydrogen (secondary N) is 1. The maximum Gasteiger partial charge on any atom is 0.275 e. The van der Waals surface area contributed by atoms with E-state index in [1.54, 1.807) is 14.0 Å². The molecule has 2 aromatic rings. The lowest BCUT2D eigenvalue weighted by Gasteiger charge is -2.32. The van der Waals surface area contributed by atoms with Gasteiger partial charge in [-0.3, -0.25) is 14.7 Å². The first-order valence-corrected chi connectivity index (χ1v) is 9.91. The minimum Gasteiger partial charge on any atom is -0.381 e. The van der Waals surface area contributed by atoms with E-state index in [1.807, 2.05) is 17.9 Å². The van der Waals surface area contributed by atoms with Crippen molar-refractivity contribution in [1.29, 1.82) is 0 Å². The molecular formula is C20H28N4O3. The van der Waals surface area contributed by atoms with Crippen molar-refractivity contribution in [3.05, 3.63) is 33.4 Å². The number of aryl methyl sites for hydroxylation is 1. The molecule has 4 rings (SSSR count). The fourth-order valence-corrected chi connectivity index (χ4v) is 4.58. The Bertz CT molecular complexity index is 916. The molecule has 3 atom stereocenters. The Kier molecular flexibility index (Phi) is 4.80. The van der Waals surface area contributed by atoms with Crippen molar-refractivity contribution in [1.82, 2.24) is 19.5 Å². The van der Waals surface area contributed by atoms with Gasteiger partial charge in [-0.1, -0.05) is 6.42 Å². The van der Waals surface area contributed by atoms with E-state index in [9.17, 15) is 9.59 Å². The molecule has 1 saturated carbocycles. The van der Waals surface area contributed by atoms with E-state index < -0.39 is 0 Å². The molecule has 0 unspecified atom stereocenters. The van der Waals surface area contributed by atoms with Crippen molar-refractivity contribution in [3.63, 3.8) is 0 Å². The lowest BCUT2D eigenvalue weighted by atomic mass is 9.86. The summed E-state index contributed by atoms with van der Waals surface area (Å²) in [5.74, 6) is 0.268. The van der Waals surface area contributed by atoms with Crippen LogP contribution < -0.4 is 5.56 Å². The van der Waals surface area contributed by atoms with Gasteiger partial charge in [0, 0.05) is 36.9 Å². The van der Waals surface area contributed by atoms with E-state index in [0.717, 1.165) is 56.5 Å². The molecule has 27 heavy (non-hydrogen) atoms. The molecular weight excluding hydrogens is 344 g/mol. The van der Waals surface area contributed by atoms with Crippen LogP contribution in [0.3, 0.4) is 0 Å². The van der Waals surface area contributed by atoms with Crippen LogP contribution in [0.1, 0.15) is 61.5 Å². The molecule has 0 bridgehead atoms. The largest absolute Gasteiger partial charge is 0.381 e. The highest BCUT2D eigenvalue weighted by molar-refractivity contribution is 5.79. The molecule has 2 aromatic heterocycles. The molecule has 1 saturated heterocycles.